The number of hydrogen-bond donors (Lipinski definition) is 0. The van der Waals surface area contributed by atoms with Crippen molar-refractivity contribution in [3.63, 3.8) is 0 Å². The lowest BCUT2D eigenvalue weighted by molar-refractivity contribution is 0.440. The van der Waals surface area contributed by atoms with Gasteiger partial charge >= 0.3 is 0 Å². The Balaban J connectivity index is 1.34. The third-order valence-electron chi connectivity index (χ3n) is 8.30. The van der Waals surface area contributed by atoms with E-state index in [2.05, 4.69) is 104 Å². The lowest BCUT2D eigenvalue weighted by Crippen LogP contribution is -2.16. The fourth-order valence-electron chi connectivity index (χ4n) is 6.37. The molecule has 2 aliphatic rings. The SMILES string of the molecule is CC1(C)c2ccccc2-c2ccc(N(c3ccccc3)c3cccc4c3Oc3cccc5cccc(c35)O4)cc21. The first-order valence-corrected chi connectivity index (χ1v) is 13.7. The second kappa shape index (κ2) is 8.49. The van der Waals surface area contributed by atoms with Gasteiger partial charge in [-0.2, -0.15) is 0 Å². The summed E-state index contributed by atoms with van der Waals surface area (Å²) in [5.41, 5.74) is 8.24. The van der Waals surface area contributed by atoms with Crippen LogP contribution in [0, 0.1) is 0 Å². The van der Waals surface area contributed by atoms with Gasteiger partial charge in [0, 0.05) is 16.8 Å². The molecule has 0 N–H and O–H groups in total. The van der Waals surface area contributed by atoms with E-state index < -0.39 is 0 Å². The summed E-state index contributed by atoms with van der Waals surface area (Å²) in [7, 11) is 0. The minimum absolute atomic E-state index is 0.102. The first-order chi connectivity index (χ1) is 19.6. The summed E-state index contributed by atoms with van der Waals surface area (Å²) in [6.07, 6.45) is 0. The number of benzene rings is 6. The summed E-state index contributed by atoms with van der Waals surface area (Å²) >= 11 is 0. The molecule has 6 aromatic rings. The highest BCUT2D eigenvalue weighted by molar-refractivity contribution is 5.96. The largest absolute Gasteiger partial charge is 0.453 e. The molecule has 0 unspecified atom stereocenters. The Labute approximate surface area is 233 Å². The van der Waals surface area contributed by atoms with Crippen molar-refractivity contribution >= 4 is 27.8 Å². The van der Waals surface area contributed by atoms with Gasteiger partial charge < -0.3 is 14.4 Å². The van der Waals surface area contributed by atoms with Gasteiger partial charge in [-0.25, -0.2) is 0 Å². The standard InChI is InChI=1S/C37H27NO2/c1-37(2)29-16-7-6-15-27(29)28-22-21-26(23-30(28)37)38(25-13-4-3-5-14-25)31-17-10-20-34-36(31)40-33-19-9-12-24-11-8-18-32(39-34)35(24)33/h3-23H,1-2H3. The van der Waals surface area contributed by atoms with Crippen LogP contribution in [0.2, 0.25) is 0 Å². The molecular formula is C37H27NO2. The van der Waals surface area contributed by atoms with Crippen LogP contribution in [0.1, 0.15) is 25.0 Å². The second-order valence-corrected chi connectivity index (χ2v) is 11.0. The maximum absolute atomic E-state index is 6.75. The molecule has 0 bridgehead atoms. The van der Waals surface area contributed by atoms with Crippen molar-refractivity contribution < 1.29 is 9.47 Å². The first kappa shape index (κ1) is 22.9. The van der Waals surface area contributed by atoms with Crippen molar-refractivity contribution in [3.05, 3.63) is 139 Å². The Morgan fingerprint density at radius 1 is 0.525 bits per heavy atom. The van der Waals surface area contributed by atoms with Gasteiger partial charge in [0.05, 0.1) is 11.1 Å². The van der Waals surface area contributed by atoms with E-state index in [0.717, 1.165) is 39.3 Å². The molecule has 40 heavy (non-hydrogen) atoms. The minimum atomic E-state index is -0.102. The normalized spacial score (nSPS) is 13.8. The highest BCUT2D eigenvalue weighted by Gasteiger charge is 2.36. The Morgan fingerprint density at radius 2 is 1.20 bits per heavy atom. The highest BCUT2D eigenvalue weighted by Crippen LogP contribution is 2.54. The molecule has 6 aromatic carbocycles. The van der Waals surface area contributed by atoms with Crippen LogP contribution in [0.4, 0.5) is 17.1 Å². The van der Waals surface area contributed by atoms with Gasteiger partial charge in [0.1, 0.15) is 11.5 Å². The summed E-state index contributed by atoms with van der Waals surface area (Å²) in [4.78, 5) is 2.28. The molecule has 0 atom stereocenters. The van der Waals surface area contributed by atoms with E-state index in [1.54, 1.807) is 0 Å². The molecule has 192 valence electrons. The third-order valence-corrected chi connectivity index (χ3v) is 8.30. The number of rotatable bonds is 3. The number of anilines is 3. The quantitative estimate of drug-likeness (QED) is 0.233. The lowest BCUT2D eigenvalue weighted by atomic mass is 9.82. The summed E-state index contributed by atoms with van der Waals surface area (Å²) in [6, 6.07) is 44.4. The fourth-order valence-corrected chi connectivity index (χ4v) is 6.37. The third kappa shape index (κ3) is 3.31. The molecule has 0 spiro atoms. The van der Waals surface area contributed by atoms with Crippen LogP contribution >= 0.6 is 0 Å². The fraction of sp³-hybridized carbons (Fsp3) is 0.0811. The molecule has 3 heteroatoms. The summed E-state index contributed by atoms with van der Waals surface area (Å²) in [6.45, 7) is 4.63. The molecule has 0 aromatic heterocycles. The van der Waals surface area contributed by atoms with Crippen molar-refractivity contribution in [1.82, 2.24) is 0 Å². The van der Waals surface area contributed by atoms with Crippen LogP contribution in [0.5, 0.6) is 23.0 Å². The zero-order valence-electron chi connectivity index (χ0n) is 22.4. The Kier molecular flexibility index (Phi) is 4.86. The molecule has 0 saturated heterocycles. The van der Waals surface area contributed by atoms with Gasteiger partial charge in [-0.1, -0.05) is 92.7 Å². The molecule has 0 saturated carbocycles. The van der Waals surface area contributed by atoms with Crippen LogP contribution in [-0.2, 0) is 5.41 Å². The van der Waals surface area contributed by atoms with Gasteiger partial charge in [-0.05, 0) is 76.2 Å². The van der Waals surface area contributed by atoms with Crippen LogP contribution in [0.3, 0.4) is 0 Å². The number of hydrogen-bond acceptors (Lipinski definition) is 3. The Hall–Kier alpha value is -5.02. The van der Waals surface area contributed by atoms with Crippen molar-refractivity contribution in [2.45, 2.75) is 19.3 Å². The minimum Gasteiger partial charge on any atom is -0.453 e. The van der Waals surface area contributed by atoms with Gasteiger partial charge in [-0.3, -0.25) is 0 Å². The van der Waals surface area contributed by atoms with Gasteiger partial charge in [0.25, 0.3) is 0 Å². The maximum Gasteiger partial charge on any atom is 0.193 e. The van der Waals surface area contributed by atoms with Crippen molar-refractivity contribution in [2.24, 2.45) is 0 Å². The molecule has 3 nitrogen and oxygen atoms in total. The van der Waals surface area contributed by atoms with Gasteiger partial charge in [0.2, 0.25) is 0 Å². The highest BCUT2D eigenvalue weighted by atomic mass is 16.5. The number of ether oxygens (including phenoxy) is 2. The van der Waals surface area contributed by atoms with Crippen LogP contribution < -0.4 is 14.4 Å². The van der Waals surface area contributed by atoms with E-state index in [0.29, 0.717) is 11.5 Å². The predicted octanol–water partition coefficient (Wildman–Crippen LogP) is 10.5. The monoisotopic (exact) mass is 517 g/mol. The Morgan fingerprint density at radius 3 is 2.02 bits per heavy atom. The van der Waals surface area contributed by atoms with Gasteiger partial charge in [0.15, 0.2) is 11.5 Å². The van der Waals surface area contributed by atoms with E-state index in [1.165, 1.54) is 22.3 Å². The van der Waals surface area contributed by atoms with E-state index in [-0.39, 0.29) is 5.41 Å². The molecule has 8 rings (SSSR count). The van der Waals surface area contributed by atoms with Crippen LogP contribution in [0.15, 0.2) is 127 Å². The smallest absolute Gasteiger partial charge is 0.193 e. The van der Waals surface area contributed by atoms with E-state index in [4.69, 9.17) is 9.47 Å². The van der Waals surface area contributed by atoms with E-state index >= 15 is 0 Å². The summed E-state index contributed by atoms with van der Waals surface area (Å²) in [5, 5.41) is 2.07. The molecule has 1 aliphatic carbocycles. The number of nitrogens with zero attached hydrogens (tertiary/aromatic N) is 1. The van der Waals surface area contributed by atoms with Crippen molar-refractivity contribution in [3.8, 4) is 34.1 Å². The van der Waals surface area contributed by atoms with E-state index in [9.17, 15) is 0 Å². The van der Waals surface area contributed by atoms with Crippen molar-refractivity contribution in [2.75, 3.05) is 4.90 Å². The first-order valence-electron chi connectivity index (χ1n) is 13.7. The maximum atomic E-state index is 6.75. The molecule has 1 heterocycles. The summed E-state index contributed by atoms with van der Waals surface area (Å²) < 4.78 is 13.3. The Bertz CT molecular complexity index is 1940. The predicted molar refractivity (Wildman–Crippen MR) is 163 cm³/mol. The van der Waals surface area contributed by atoms with Crippen LogP contribution in [0.25, 0.3) is 21.9 Å². The average molecular weight is 518 g/mol. The van der Waals surface area contributed by atoms with Crippen molar-refractivity contribution in [1.29, 1.82) is 0 Å². The number of para-hydroxylation sites is 2. The molecular weight excluding hydrogens is 490 g/mol. The zero-order chi connectivity index (χ0) is 26.8. The van der Waals surface area contributed by atoms with E-state index in [1.807, 2.05) is 42.5 Å². The average Bonchev–Trinajstić information content (AvgIpc) is 3.10. The topological polar surface area (TPSA) is 21.7 Å². The van der Waals surface area contributed by atoms with Crippen LogP contribution in [-0.4, -0.2) is 0 Å². The molecule has 0 amide bonds. The zero-order valence-corrected chi connectivity index (χ0v) is 22.4. The molecule has 0 fully saturated rings. The van der Waals surface area contributed by atoms with Gasteiger partial charge in [-0.15, -0.1) is 0 Å². The molecule has 1 aliphatic heterocycles. The number of fused-ring (bicyclic) bond motifs is 4. The lowest BCUT2D eigenvalue weighted by Gasteiger charge is -2.29. The molecule has 0 radical (unpaired) electrons. The second-order valence-electron chi connectivity index (χ2n) is 11.0. The summed E-state index contributed by atoms with van der Waals surface area (Å²) in [5.74, 6) is 2.97.